The van der Waals surface area contributed by atoms with E-state index in [-0.39, 0.29) is 39.9 Å². The van der Waals surface area contributed by atoms with E-state index >= 15 is 0 Å². The molecule has 7 nitrogen and oxygen atoms in total. The van der Waals surface area contributed by atoms with Gasteiger partial charge >= 0.3 is 0 Å². The number of halogens is 1. The van der Waals surface area contributed by atoms with Crippen LogP contribution in [0.3, 0.4) is 0 Å². The lowest BCUT2D eigenvalue weighted by atomic mass is 10.1. The average molecular weight is 360 g/mol. The molecule has 2 aromatic rings. The largest absolute Gasteiger partial charge is 0.506 e. The first kappa shape index (κ1) is 18.1. The van der Waals surface area contributed by atoms with Crippen molar-refractivity contribution in [1.29, 1.82) is 0 Å². The highest BCUT2D eigenvalue weighted by molar-refractivity contribution is 6.32. The van der Waals surface area contributed by atoms with Crippen LogP contribution in [0.1, 0.15) is 21.5 Å². The molecule has 0 unspecified atom stereocenters. The predicted octanol–water partition coefficient (Wildman–Crippen LogP) is 1.53. The molecule has 0 aliphatic heterocycles. The van der Waals surface area contributed by atoms with E-state index < -0.39 is 5.91 Å². The molecule has 0 bridgehead atoms. The highest BCUT2D eigenvalue weighted by Crippen LogP contribution is 2.29. The monoisotopic (exact) mass is 359 g/mol. The van der Waals surface area contributed by atoms with E-state index in [1.807, 2.05) is 0 Å². The maximum atomic E-state index is 11.9. The van der Waals surface area contributed by atoms with Crippen LogP contribution >= 0.6 is 11.6 Å². The van der Waals surface area contributed by atoms with Crippen LogP contribution in [0.25, 0.3) is 0 Å². The van der Waals surface area contributed by atoms with E-state index in [0.717, 1.165) is 0 Å². The summed E-state index contributed by atoms with van der Waals surface area (Å²) < 4.78 is 0. The fourth-order valence-electron chi connectivity index (χ4n) is 1.84. The molecule has 0 aromatic heterocycles. The van der Waals surface area contributed by atoms with Crippen LogP contribution in [0.15, 0.2) is 35.4 Å². The molecule has 0 radical (unpaired) electrons. The van der Waals surface area contributed by atoms with Gasteiger partial charge in [-0.15, -0.1) is 0 Å². The first-order valence-corrected chi connectivity index (χ1v) is 7.37. The molecule has 6 N–H and O–H groups in total. The number of aromatic hydroxyl groups is 3. The molecule has 2 rings (SSSR count). The second kappa shape index (κ2) is 8.06. The van der Waals surface area contributed by atoms with Gasteiger partial charge in [0.15, 0.2) is 11.5 Å². The molecule has 128 valence electrons. The Labute approximate surface area is 148 Å². The van der Waals surface area contributed by atoms with Gasteiger partial charge in [0, 0.05) is 5.56 Å². The van der Waals surface area contributed by atoms with Crippen LogP contribution < -0.4 is 11.2 Å². The number of nitrogens with zero attached hydrogens (tertiary/aromatic N) is 1. The number of hydrogen-bond acceptors (Lipinski definition) is 6. The van der Waals surface area contributed by atoms with Gasteiger partial charge in [0.1, 0.15) is 5.75 Å². The molecule has 0 aliphatic rings. The zero-order valence-electron chi connectivity index (χ0n) is 12.8. The third-order valence-corrected chi connectivity index (χ3v) is 3.33. The van der Waals surface area contributed by atoms with Crippen molar-refractivity contribution < 1.29 is 20.1 Å². The number of hydrogen-bond donors (Lipinski definition) is 5. The summed E-state index contributed by atoms with van der Waals surface area (Å²) in [4.78, 5) is 11.9. The smallest absolute Gasteiger partial charge is 0.271 e. The summed E-state index contributed by atoms with van der Waals surface area (Å²) in [5, 5.41) is 32.5. The summed E-state index contributed by atoms with van der Waals surface area (Å²) in [6, 6.07) is 6.72. The summed E-state index contributed by atoms with van der Waals surface area (Å²) in [5.41, 5.74) is 8.35. The van der Waals surface area contributed by atoms with Crippen molar-refractivity contribution in [3.8, 4) is 29.1 Å². The van der Waals surface area contributed by atoms with Gasteiger partial charge in [0.2, 0.25) is 0 Å². The number of carbonyl (C=O) groups excluding carboxylic acids is 1. The molecular weight excluding hydrogens is 346 g/mol. The predicted molar refractivity (Wildman–Crippen MR) is 93.9 cm³/mol. The second-order valence-corrected chi connectivity index (χ2v) is 5.21. The van der Waals surface area contributed by atoms with Crippen molar-refractivity contribution in [2.75, 3.05) is 6.54 Å². The summed E-state index contributed by atoms with van der Waals surface area (Å²) in [7, 11) is 0. The van der Waals surface area contributed by atoms with E-state index in [0.29, 0.717) is 5.56 Å². The van der Waals surface area contributed by atoms with E-state index in [1.54, 1.807) is 0 Å². The molecule has 0 heterocycles. The number of benzene rings is 2. The Morgan fingerprint density at radius 2 is 2.00 bits per heavy atom. The van der Waals surface area contributed by atoms with E-state index in [4.69, 9.17) is 17.3 Å². The molecule has 1 amide bonds. The minimum absolute atomic E-state index is 0.0446. The SMILES string of the molecule is NCC#Cc1cc(/C=N/NC(=O)c2ccc(O)c(Cl)c2)cc(O)c1O. The summed E-state index contributed by atoms with van der Waals surface area (Å²) in [6.07, 6.45) is 1.27. The average Bonchev–Trinajstić information content (AvgIpc) is 2.58. The van der Waals surface area contributed by atoms with Gasteiger partial charge < -0.3 is 21.1 Å². The molecule has 0 atom stereocenters. The number of phenolic OH excluding ortho intramolecular Hbond substituents is 3. The van der Waals surface area contributed by atoms with Crippen molar-refractivity contribution in [2.24, 2.45) is 10.8 Å². The van der Waals surface area contributed by atoms with Gasteiger partial charge in [-0.25, -0.2) is 5.43 Å². The van der Waals surface area contributed by atoms with Gasteiger partial charge in [-0.1, -0.05) is 23.4 Å². The third kappa shape index (κ3) is 4.64. The van der Waals surface area contributed by atoms with E-state index in [1.165, 1.54) is 36.5 Å². The van der Waals surface area contributed by atoms with E-state index in [2.05, 4.69) is 22.4 Å². The Bertz CT molecular complexity index is 901. The van der Waals surface area contributed by atoms with Gasteiger partial charge in [-0.3, -0.25) is 4.79 Å². The number of phenols is 3. The van der Waals surface area contributed by atoms with Gasteiger partial charge in [0.05, 0.1) is 23.3 Å². The van der Waals surface area contributed by atoms with Crippen LogP contribution in [0.4, 0.5) is 0 Å². The zero-order chi connectivity index (χ0) is 18.4. The maximum absolute atomic E-state index is 11.9. The molecule has 25 heavy (non-hydrogen) atoms. The van der Waals surface area contributed by atoms with Crippen molar-refractivity contribution >= 4 is 23.7 Å². The van der Waals surface area contributed by atoms with Crippen LogP contribution in [0, 0.1) is 11.8 Å². The lowest BCUT2D eigenvalue weighted by Crippen LogP contribution is -2.17. The normalized spacial score (nSPS) is 10.3. The Morgan fingerprint density at radius 3 is 2.68 bits per heavy atom. The lowest BCUT2D eigenvalue weighted by molar-refractivity contribution is 0.0955. The molecule has 0 saturated heterocycles. The Morgan fingerprint density at radius 1 is 1.24 bits per heavy atom. The van der Waals surface area contributed by atoms with Gasteiger partial charge in [-0.2, -0.15) is 5.10 Å². The Hall–Kier alpha value is -3.21. The van der Waals surface area contributed by atoms with Crippen molar-refractivity contribution in [1.82, 2.24) is 5.43 Å². The van der Waals surface area contributed by atoms with E-state index in [9.17, 15) is 20.1 Å². The van der Waals surface area contributed by atoms with Crippen molar-refractivity contribution in [3.63, 3.8) is 0 Å². The number of carbonyl (C=O) groups is 1. The number of amides is 1. The summed E-state index contributed by atoms with van der Waals surface area (Å²) in [6.45, 7) is 0.101. The van der Waals surface area contributed by atoms with Crippen LogP contribution in [0.2, 0.25) is 5.02 Å². The topological polar surface area (TPSA) is 128 Å². The molecule has 0 saturated carbocycles. The fraction of sp³-hybridized carbons (Fsp3) is 0.0588. The van der Waals surface area contributed by atoms with Crippen LogP contribution in [-0.4, -0.2) is 34.0 Å². The highest BCUT2D eigenvalue weighted by Gasteiger charge is 2.08. The summed E-state index contributed by atoms with van der Waals surface area (Å²) >= 11 is 5.74. The Kier molecular flexibility index (Phi) is 5.84. The number of nitrogens with one attached hydrogen (secondary N) is 1. The fourth-order valence-corrected chi connectivity index (χ4v) is 2.02. The molecule has 0 aliphatic carbocycles. The number of rotatable bonds is 3. The molecule has 0 spiro atoms. The van der Waals surface area contributed by atoms with Crippen molar-refractivity contribution in [3.05, 3.63) is 52.0 Å². The Balaban J connectivity index is 2.15. The van der Waals surface area contributed by atoms with Gasteiger partial charge in [-0.05, 0) is 35.9 Å². The number of hydrazone groups is 1. The van der Waals surface area contributed by atoms with Gasteiger partial charge in [0.25, 0.3) is 5.91 Å². The minimum Gasteiger partial charge on any atom is -0.506 e. The molecule has 8 heteroatoms. The third-order valence-electron chi connectivity index (χ3n) is 3.03. The van der Waals surface area contributed by atoms with Crippen molar-refractivity contribution in [2.45, 2.75) is 0 Å². The zero-order valence-corrected chi connectivity index (χ0v) is 13.6. The molecular formula is C17H14ClN3O4. The highest BCUT2D eigenvalue weighted by atomic mass is 35.5. The molecule has 2 aromatic carbocycles. The summed E-state index contributed by atoms with van der Waals surface area (Å²) in [5.74, 6) is 3.78. The second-order valence-electron chi connectivity index (χ2n) is 4.81. The van der Waals surface area contributed by atoms with Crippen LogP contribution in [-0.2, 0) is 0 Å². The first-order valence-electron chi connectivity index (χ1n) is 6.99. The molecule has 0 fully saturated rings. The lowest BCUT2D eigenvalue weighted by Gasteiger charge is -2.04. The maximum Gasteiger partial charge on any atom is 0.271 e. The van der Waals surface area contributed by atoms with Crippen LogP contribution in [0.5, 0.6) is 17.2 Å². The minimum atomic E-state index is -0.538. The standard InChI is InChI=1S/C17H14ClN3O4/c18-13-8-12(3-4-14(13)22)17(25)21-20-9-10-6-11(2-1-5-19)16(24)15(23)7-10/h3-4,6-9,22-24H,5,19H2,(H,21,25)/b20-9+. The first-order chi connectivity index (χ1) is 11.9. The number of nitrogens with two attached hydrogens (primary N) is 1. The quantitative estimate of drug-likeness (QED) is 0.246.